The smallest absolute Gasteiger partial charge is 0.0941 e. The molecular weight excluding hydrogens is 246 g/mol. The number of hydrogen-bond donors (Lipinski definition) is 1. The normalized spacial score (nSPS) is 21.9. The minimum absolute atomic E-state index is 0.332. The molecule has 2 heterocycles. The molecule has 3 heteroatoms. The van der Waals surface area contributed by atoms with Crippen LogP contribution in [-0.4, -0.2) is 42.0 Å². The third kappa shape index (κ3) is 3.94. The first-order valence-corrected chi connectivity index (χ1v) is 7.99. The van der Waals surface area contributed by atoms with Gasteiger partial charge < -0.3 is 15.1 Å². The Balaban J connectivity index is 1.83. The summed E-state index contributed by atoms with van der Waals surface area (Å²) in [5.74, 6) is 1.13. The monoisotopic (exact) mass is 277 g/mol. The quantitative estimate of drug-likeness (QED) is 0.855. The molecule has 0 spiro atoms. The van der Waals surface area contributed by atoms with Crippen molar-refractivity contribution in [3.05, 3.63) is 24.7 Å². The van der Waals surface area contributed by atoms with Crippen LogP contribution in [0.25, 0.3) is 0 Å². The molecule has 2 fully saturated rings. The zero-order valence-electron chi connectivity index (χ0n) is 13.5. The van der Waals surface area contributed by atoms with E-state index in [4.69, 9.17) is 0 Å². The summed E-state index contributed by atoms with van der Waals surface area (Å²) in [6.45, 7) is 19.8. The Bertz CT molecular complexity index is 359. The number of piperidine rings is 1. The van der Waals surface area contributed by atoms with Crippen LogP contribution in [0.5, 0.6) is 0 Å². The second-order valence-electron chi connectivity index (χ2n) is 7.44. The SMILES string of the molecule is C=C(CC(C)(C)C)N1CCC(N2CCCNC2=C)CC1. The molecule has 3 nitrogen and oxygen atoms in total. The number of likely N-dealkylation sites (tertiary alicyclic amines) is 1. The van der Waals surface area contributed by atoms with Crippen LogP contribution < -0.4 is 5.32 Å². The van der Waals surface area contributed by atoms with E-state index in [1.165, 1.54) is 31.5 Å². The van der Waals surface area contributed by atoms with Gasteiger partial charge >= 0.3 is 0 Å². The van der Waals surface area contributed by atoms with Gasteiger partial charge in [0.25, 0.3) is 0 Å². The lowest BCUT2D eigenvalue weighted by Gasteiger charge is -2.44. The van der Waals surface area contributed by atoms with E-state index in [1.54, 1.807) is 0 Å². The third-order valence-electron chi connectivity index (χ3n) is 4.34. The minimum Gasteiger partial charge on any atom is -0.375 e. The summed E-state index contributed by atoms with van der Waals surface area (Å²) in [6.07, 6.45) is 4.78. The average molecular weight is 277 g/mol. The maximum Gasteiger partial charge on any atom is 0.0941 e. The molecule has 0 atom stereocenters. The van der Waals surface area contributed by atoms with Crippen LogP contribution in [0.1, 0.15) is 46.5 Å². The van der Waals surface area contributed by atoms with Crippen LogP contribution in [0.3, 0.4) is 0 Å². The summed E-state index contributed by atoms with van der Waals surface area (Å²) in [6, 6.07) is 0.661. The van der Waals surface area contributed by atoms with Crippen LogP contribution in [-0.2, 0) is 0 Å². The molecule has 2 aliphatic heterocycles. The summed E-state index contributed by atoms with van der Waals surface area (Å²) in [5.41, 5.74) is 1.64. The molecule has 20 heavy (non-hydrogen) atoms. The molecule has 0 aromatic heterocycles. The van der Waals surface area contributed by atoms with Crippen LogP contribution in [0.2, 0.25) is 0 Å². The zero-order valence-corrected chi connectivity index (χ0v) is 13.5. The van der Waals surface area contributed by atoms with Gasteiger partial charge in [-0.25, -0.2) is 0 Å². The van der Waals surface area contributed by atoms with Gasteiger partial charge in [-0.15, -0.1) is 0 Å². The molecule has 1 N–H and O–H groups in total. The van der Waals surface area contributed by atoms with Crippen LogP contribution in [0.4, 0.5) is 0 Å². The molecule has 2 saturated heterocycles. The second-order valence-corrected chi connectivity index (χ2v) is 7.44. The molecule has 2 rings (SSSR count). The topological polar surface area (TPSA) is 18.5 Å². The first kappa shape index (κ1) is 15.3. The fraction of sp³-hybridized carbons (Fsp3) is 0.765. The molecule has 0 unspecified atom stereocenters. The highest BCUT2D eigenvalue weighted by Gasteiger charge is 2.27. The summed E-state index contributed by atoms with van der Waals surface area (Å²) in [5, 5.41) is 3.39. The highest BCUT2D eigenvalue weighted by molar-refractivity contribution is 5.03. The number of allylic oxidation sites excluding steroid dienone is 1. The van der Waals surface area contributed by atoms with Gasteiger partial charge in [-0.2, -0.15) is 0 Å². The molecule has 0 radical (unpaired) electrons. The van der Waals surface area contributed by atoms with Crippen molar-refractivity contribution in [3.63, 3.8) is 0 Å². The minimum atomic E-state index is 0.332. The van der Waals surface area contributed by atoms with Gasteiger partial charge in [-0.05, 0) is 31.1 Å². The maximum atomic E-state index is 4.30. The standard InChI is InChI=1S/C17H31N3/c1-14(13-17(3,4)5)19-11-7-16(8-12-19)20-10-6-9-18-15(20)2/h16,18H,1-2,6-13H2,3-5H3. The van der Waals surface area contributed by atoms with Crippen molar-refractivity contribution in [1.82, 2.24) is 15.1 Å². The van der Waals surface area contributed by atoms with Crippen LogP contribution >= 0.6 is 0 Å². The van der Waals surface area contributed by atoms with Crippen molar-refractivity contribution < 1.29 is 0 Å². The average Bonchev–Trinajstić information content (AvgIpc) is 2.37. The van der Waals surface area contributed by atoms with Crippen molar-refractivity contribution in [1.29, 1.82) is 0 Å². The molecule has 0 aliphatic carbocycles. The van der Waals surface area contributed by atoms with Crippen molar-refractivity contribution in [3.8, 4) is 0 Å². The fourth-order valence-corrected chi connectivity index (χ4v) is 3.34. The summed E-state index contributed by atoms with van der Waals surface area (Å²) in [7, 11) is 0. The lowest BCUT2D eigenvalue weighted by Crippen LogP contribution is -2.49. The van der Waals surface area contributed by atoms with Crippen molar-refractivity contribution in [2.45, 2.75) is 52.5 Å². The third-order valence-corrected chi connectivity index (χ3v) is 4.34. The molecule has 0 bridgehead atoms. The molecular formula is C17H31N3. The predicted molar refractivity (Wildman–Crippen MR) is 86.3 cm³/mol. The number of rotatable bonds is 3. The van der Waals surface area contributed by atoms with Gasteiger partial charge in [0.05, 0.1) is 5.82 Å². The van der Waals surface area contributed by atoms with Gasteiger partial charge in [-0.3, -0.25) is 0 Å². The largest absolute Gasteiger partial charge is 0.375 e. The van der Waals surface area contributed by atoms with Crippen molar-refractivity contribution >= 4 is 0 Å². The number of nitrogens with zero attached hydrogens (tertiary/aromatic N) is 2. The Labute approximate surface area is 124 Å². The molecule has 0 aromatic carbocycles. The van der Waals surface area contributed by atoms with E-state index >= 15 is 0 Å². The molecule has 2 aliphatic rings. The Hall–Kier alpha value is -1.12. The maximum absolute atomic E-state index is 4.30. The Kier molecular flexibility index (Phi) is 4.66. The van der Waals surface area contributed by atoms with E-state index < -0.39 is 0 Å². The van der Waals surface area contributed by atoms with E-state index in [1.807, 2.05) is 0 Å². The highest BCUT2D eigenvalue weighted by Crippen LogP contribution is 2.28. The molecule has 0 amide bonds. The van der Waals surface area contributed by atoms with E-state index in [0.29, 0.717) is 11.5 Å². The molecule has 0 aromatic rings. The predicted octanol–water partition coefficient (Wildman–Crippen LogP) is 3.17. The summed E-state index contributed by atoms with van der Waals surface area (Å²) < 4.78 is 0. The molecule has 0 saturated carbocycles. The van der Waals surface area contributed by atoms with E-state index in [2.05, 4.69) is 49.0 Å². The van der Waals surface area contributed by atoms with Gasteiger partial charge in [-0.1, -0.05) is 33.9 Å². The van der Waals surface area contributed by atoms with E-state index in [-0.39, 0.29) is 0 Å². The van der Waals surface area contributed by atoms with Crippen molar-refractivity contribution in [2.24, 2.45) is 5.41 Å². The number of hydrogen-bond acceptors (Lipinski definition) is 3. The van der Waals surface area contributed by atoms with Gasteiger partial charge in [0.1, 0.15) is 0 Å². The van der Waals surface area contributed by atoms with E-state index in [0.717, 1.165) is 31.9 Å². The van der Waals surface area contributed by atoms with Crippen molar-refractivity contribution in [2.75, 3.05) is 26.2 Å². The first-order chi connectivity index (χ1) is 9.37. The summed E-state index contributed by atoms with van der Waals surface area (Å²) >= 11 is 0. The number of nitrogens with one attached hydrogen (secondary N) is 1. The molecule has 114 valence electrons. The second kappa shape index (κ2) is 6.11. The zero-order chi connectivity index (χ0) is 14.8. The summed E-state index contributed by atoms with van der Waals surface area (Å²) in [4.78, 5) is 4.97. The Morgan fingerprint density at radius 2 is 1.90 bits per heavy atom. The van der Waals surface area contributed by atoms with Crippen LogP contribution in [0.15, 0.2) is 24.7 Å². The first-order valence-electron chi connectivity index (χ1n) is 7.99. The fourth-order valence-electron chi connectivity index (χ4n) is 3.34. The Morgan fingerprint density at radius 1 is 1.25 bits per heavy atom. The Morgan fingerprint density at radius 3 is 2.45 bits per heavy atom. The van der Waals surface area contributed by atoms with Gasteiger partial charge in [0.2, 0.25) is 0 Å². The highest BCUT2D eigenvalue weighted by atomic mass is 15.3. The van der Waals surface area contributed by atoms with Crippen LogP contribution in [0, 0.1) is 5.41 Å². The lowest BCUT2D eigenvalue weighted by molar-refractivity contribution is 0.130. The van der Waals surface area contributed by atoms with Gasteiger partial charge in [0.15, 0.2) is 0 Å². The van der Waals surface area contributed by atoms with E-state index in [9.17, 15) is 0 Å². The lowest BCUT2D eigenvalue weighted by atomic mass is 9.89. The van der Waals surface area contributed by atoms with Gasteiger partial charge in [0, 0.05) is 37.9 Å².